The van der Waals surface area contributed by atoms with Crippen molar-refractivity contribution in [2.45, 2.75) is 33.2 Å². The summed E-state index contributed by atoms with van der Waals surface area (Å²) >= 11 is 0. The highest BCUT2D eigenvalue weighted by atomic mass is 16.5. The third kappa shape index (κ3) is 5.08. The second-order valence-corrected chi connectivity index (χ2v) is 5.66. The number of nitrogens with one attached hydrogen (secondary N) is 2. The number of carbonyl (C=O) groups excluding carboxylic acids is 2. The van der Waals surface area contributed by atoms with Crippen LogP contribution in [0.25, 0.3) is 0 Å². The van der Waals surface area contributed by atoms with Gasteiger partial charge in [-0.2, -0.15) is 0 Å². The zero-order valence-corrected chi connectivity index (χ0v) is 14.8. The molecule has 0 radical (unpaired) electrons. The van der Waals surface area contributed by atoms with Gasteiger partial charge in [0.1, 0.15) is 5.75 Å². The monoisotopic (exact) mass is 340 g/mol. The van der Waals surface area contributed by atoms with Crippen molar-refractivity contribution in [3.05, 3.63) is 59.7 Å². The predicted octanol–water partition coefficient (Wildman–Crippen LogP) is 3.46. The van der Waals surface area contributed by atoms with Crippen LogP contribution in [0.1, 0.15) is 37.9 Å². The van der Waals surface area contributed by atoms with Gasteiger partial charge in [-0.05, 0) is 49.6 Å². The Morgan fingerprint density at radius 3 is 2.32 bits per heavy atom. The first-order valence-electron chi connectivity index (χ1n) is 8.47. The molecule has 0 bridgehead atoms. The Morgan fingerprint density at radius 2 is 1.68 bits per heavy atom. The summed E-state index contributed by atoms with van der Waals surface area (Å²) in [7, 11) is 0. The second-order valence-electron chi connectivity index (χ2n) is 5.66. The molecule has 0 saturated carbocycles. The van der Waals surface area contributed by atoms with Crippen LogP contribution in [0.4, 0.5) is 5.69 Å². The van der Waals surface area contributed by atoms with Crippen molar-refractivity contribution in [2.24, 2.45) is 0 Å². The number of aryl methyl sites for hydroxylation is 1. The van der Waals surface area contributed by atoms with Crippen molar-refractivity contribution in [1.82, 2.24) is 5.32 Å². The third-order valence-electron chi connectivity index (χ3n) is 3.89. The van der Waals surface area contributed by atoms with E-state index < -0.39 is 11.8 Å². The van der Waals surface area contributed by atoms with Crippen LogP contribution < -0.4 is 15.4 Å². The van der Waals surface area contributed by atoms with Gasteiger partial charge >= 0.3 is 11.8 Å². The molecule has 0 heterocycles. The van der Waals surface area contributed by atoms with Gasteiger partial charge in [-0.3, -0.25) is 9.59 Å². The molecule has 0 aliphatic carbocycles. The molecule has 2 rings (SSSR count). The molecule has 0 aliphatic rings. The number of benzene rings is 2. The fourth-order valence-electron chi connectivity index (χ4n) is 2.49. The van der Waals surface area contributed by atoms with Crippen LogP contribution in [0.3, 0.4) is 0 Å². The molecule has 2 amide bonds. The quantitative estimate of drug-likeness (QED) is 0.791. The summed E-state index contributed by atoms with van der Waals surface area (Å²) in [6.45, 7) is 6.36. The van der Waals surface area contributed by atoms with Crippen LogP contribution in [0.5, 0.6) is 5.75 Å². The highest BCUT2D eigenvalue weighted by Gasteiger charge is 2.18. The first kappa shape index (κ1) is 18.5. The number of carbonyl (C=O) groups is 2. The first-order chi connectivity index (χ1) is 12.0. The Labute approximate surface area is 148 Å². The molecule has 0 fully saturated rings. The molecule has 5 heteroatoms. The number of rotatable bonds is 6. The summed E-state index contributed by atoms with van der Waals surface area (Å²) in [5.74, 6) is -0.551. The average Bonchev–Trinajstić information content (AvgIpc) is 2.63. The second kappa shape index (κ2) is 8.87. The number of anilines is 1. The van der Waals surface area contributed by atoms with Crippen molar-refractivity contribution in [3.63, 3.8) is 0 Å². The van der Waals surface area contributed by atoms with E-state index >= 15 is 0 Å². The van der Waals surface area contributed by atoms with E-state index in [1.807, 2.05) is 63.2 Å². The van der Waals surface area contributed by atoms with Crippen molar-refractivity contribution >= 4 is 17.5 Å². The molecular formula is C20H24N2O3. The van der Waals surface area contributed by atoms with Gasteiger partial charge in [0.25, 0.3) is 0 Å². The molecule has 1 atom stereocenters. The lowest BCUT2D eigenvalue weighted by Crippen LogP contribution is -2.37. The molecule has 0 saturated heterocycles. The van der Waals surface area contributed by atoms with Crippen molar-refractivity contribution < 1.29 is 14.3 Å². The van der Waals surface area contributed by atoms with E-state index in [-0.39, 0.29) is 6.04 Å². The Bertz CT molecular complexity index is 726. The summed E-state index contributed by atoms with van der Waals surface area (Å²) in [4.78, 5) is 24.3. The number of hydrogen-bond acceptors (Lipinski definition) is 3. The Morgan fingerprint density at radius 1 is 1.00 bits per heavy atom. The predicted molar refractivity (Wildman–Crippen MR) is 98.6 cm³/mol. The lowest BCUT2D eigenvalue weighted by Gasteiger charge is -2.15. The van der Waals surface area contributed by atoms with Crippen LogP contribution in [0, 0.1) is 0 Å². The van der Waals surface area contributed by atoms with Gasteiger partial charge in [0.2, 0.25) is 0 Å². The summed E-state index contributed by atoms with van der Waals surface area (Å²) in [6.07, 6.45) is 0.778. The molecule has 2 N–H and O–H groups in total. The van der Waals surface area contributed by atoms with E-state index in [1.54, 1.807) is 6.07 Å². The van der Waals surface area contributed by atoms with Crippen molar-refractivity contribution in [1.29, 1.82) is 0 Å². The van der Waals surface area contributed by atoms with Gasteiger partial charge in [-0.1, -0.05) is 37.3 Å². The van der Waals surface area contributed by atoms with Crippen molar-refractivity contribution in [3.8, 4) is 5.75 Å². The maximum Gasteiger partial charge on any atom is 0.313 e. The summed E-state index contributed by atoms with van der Waals surface area (Å²) in [6, 6.07) is 14.6. The zero-order chi connectivity index (χ0) is 18.2. The van der Waals surface area contributed by atoms with E-state index in [1.165, 1.54) is 0 Å². The lowest BCUT2D eigenvalue weighted by atomic mass is 10.1. The van der Waals surface area contributed by atoms with E-state index in [0.717, 1.165) is 23.3 Å². The highest BCUT2D eigenvalue weighted by Crippen LogP contribution is 2.18. The average molecular weight is 340 g/mol. The van der Waals surface area contributed by atoms with Gasteiger partial charge in [-0.15, -0.1) is 0 Å². The third-order valence-corrected chi connectivity index (χ3v) is 3.89. The Hall–Kier alpha value is -2.82. The standard InChI is InChI=1S/C20H24N2O3/c1-4-15-8-6-7-9-18(15)22-20(24)19(23)21-14(3)16-10-12-17(13-11-16)25-5-2/h6-14H,4-5H2,1-3H3,(H,21,23)(H,22,24). The van der Waals surface area contributed by atoms with Gasteiger partial charge in [0.15, 0.2) is 0 Å². The van der Waals surface area contributed by atoms with E-state index in [4.69, 9.17) is 4.74 Å². The molecule has 0 aliphatic heterocycles. The van der Waals surface area contributed by atoms with Crippen molar-refractivity contribution in [2.75, 3.05) is 11.9 Å². The van der Waals surface area contributed by atoms with E-state index in [0.29, 0.717) is 12.3 Å². The van der Waals surface area contributed by atoms with Crippen LogP contribution in [0.2, 0.25) is 0 Å². The van der Waals surface area contributed by atoms with Crippen LogP contribution >= 0.6 is 0 Å². The minimum atomic E-state index is -0.668. The number of ether oxygens (including phenoxy) is 1. The SMILES string of the molecule is CCOc1ccc(C(C)NC(=O)C(=O)Nc2ccccc2CC)cc1. The number of amides is 2. The lowest BCUT2D eigenvalue weighted by molar-refractivity contribution is -0.136. The molecule has 0 spiro atoms. The highest BCUT2D eigenvalue weighted by molar-refractivity contribution is 6.39. The van der Waals surface area contributed by atoms with Gasteiger partial charge in [-0.25, -0.2) is 0 Å². The minimum Gasteiger partial charge on any atom is -0.494 e. The van der Waals surface area contributed by atoms with Gasteiger partial charge < -0.3 is 15.4 Å². The zero-order valence-electron chi connectivity index (χ0n) is 14.8. The summed E-state index contributed by atoms with van der Waals surface area (Å²) in [5, 5.41) is 5.39. The van der Waals surface area contributed by atoms with Gasteiger partial charge in [0, 0.05) is 5.69 Å². The fourth-order valence-corrected chi connectivity index (χ4v) is 2.49. The first-order valence-corrected chi connectivity index (χ1v) is 8.47. The fraction of sp³-hybridized carbons (Fsp3) is 0.300. The normalized spacial score (nSPS) is 11.5. The number of para-hydroxylation sites is 1. The molecule has 5 nitrogen and oxygen atoms in total. The molecule has 132 valence electrons. The maximum absolute atomic E-state index is 12.2. The molecule has 1 unspecified atom stereocenters. The summed E-state index contributed by atoms with van der Waals surface area (Å²) in [5.41, 5.74) is 2.56. The van der Waals surface area contributed by atoms with Gasteiger partial charge in [0.05, 0.1) is 12.6 Å². The van der Waals surface area contributed by atoms with E-state index in [9.17, 15) is 9.59 Å². The number of hydrogen-bond donors (Lipinski definition) is 2. The Balaban J connectivity index is 1.97. The molecular weight excluding hydrogens is 316 g/mol. The Kier molecular flexibility index (Phi) is 6.57. The maximum atomic E-state index is 12.2. The van der Waals surface area contributed by atoms with Crippen LogP contribution in [-0.4, -0.2) is 18.4 Å². The van der Waals surface area contributed by atoms with Crippen LogP contribution in [0.15, 0.2) is 48.5 Å². The van der Waals surface area contributed by atoms with Crippen LogP contribution in [-0.2, 0) is 16.0 Å². The minimum absolute atomic E-state index is 0.282. The molecule has 2 aromatic carbocycles. The topological polar surface area (TPSA) is 67.4 Å². The summed E-state index contributed by atoms with van der Waals surface area (Å²) < 4.78 is 5.40. The smallest absolute Gasteiger partial charge is 0.313 e. The van der Waals surface area contributed by atoms with E-state index in [2.05, 4.69) is 10.6 Å². The molecule has 25 heavy (non-hydrogen) atoms. The molecule has 0 aromatic heterocycles. The largest absolute Gasteiger partial charge is 0.494 e. The molecule has 2 aromatic rings.